The first kappa shape index (κ1) is 11.4. The van der Waals surface area contributed by atoms with Crippen LogP contribution >= 0.6 is 0 Å². The molecule has 3 heterocycles. The van der Waals surface area contributed by atoms with E-state index >= 15 is 0 Å². The minimum atomic E-state index is 0.0291. The van der Waals surface area contributed by atoms with Gasteiger partial charge >= 0.3 is 0 Å². The lowest BCUT2D eigenvalue weighted by atomic mass is 10.0. The molecule has 2 aromatic rings. The number of aromatic nitrogens is 2. The van der Waals surface area contributed by atoms with Gasteiger partial charge in [-0.05, 0) is 6.07 Å². The first-order chi connectivity index (χ1) is 9.43. The lowest BCUT2D eigenvalue weighted by Crippen LogP contribution is -2.47. The highest BCUT2D eigenvalue weighted by Crippen LogP contribution is 2.32. The van der Waals surface area contributed by atoms with E-state index in [0.29, 0.717) is 13.2 Å². The molecule has 0 aliphatic carbocycles. The number of hydrogen-bond acceptors (Lipinski definition) is 4. The topological polar surface area (TPSA) is 48.3 Å². The molecule has 1 fully saturated rings. The van der Waals surface area contributed by atoms with Gasteiger partial charge in [0.15, 0.2) is 0 Å². The summed E-state index contributed by atoms with van der Waals surface area (Å²) < 4.78 is 13.7. The first-order valence-electron chi connectivity index (χ1n) is 6.82. The Morgan fingerprint density at radius 2 is 2.21 bits per heavy atom. The van der Waals surface area contributed by atoms with Crippen molar-refractivity contribution in [3.8, 4) is 0 Å². The first-order valence-corrected chi connectivity index (χ1v) is 6.82. The summed E-state index contributed by atoms with van der Waals surface area (Å²) in [6.45, 7) is 3.90. The summed E-state index contributed by atoms with van der Waals surface area (Å²) in [7, 11) is 0. The van der Waals surface area contributed by atoms with Crippen LogP contribution in [0.25, 0.3) is 10.9 Å². The Morgan fingerprint density at radius 3 is 3.11 bits per heavy atom. The summed E-state index contributed by atoms with van der Waals surface area (Å²) in [5, 5.41) is 9.35. The summed E-state index contributed by atoms with van der Waals surface area (Å²) in [5.74, 6) is 0. The lowest BCUT2D eigenvalue weighted by Gasteiger charge is -2.34. The zero-order valence-electron chi connectivity index (χ0n) is 10.7. The van der Waals surface area contributed by atoms with Crippen LogP contribution in [0.1, 0.15) is 11.8 Å². The van der Waals surface area contributed by atoms with Gasteiger partial charge < -0.3 is 14.8 Å². The van der Waals surface area contributed by atoms with Crippen molar-refractivity contribution in [1.82, 2.24) is 15.1 Å². The largest absolute Gasteiger partial charge is 0.378 e. The van der Waals surface area contributed by atoms with Gasteiger partial charge in [-0.1, -0.05) is 18.2 Å². The number of rotatable bonds is 1. The SMILES string of the molecule is c1ccc2c3n(nc2c1)CCO[C@@H]3[C@@H]1COCCN1. The smallest absolute Gasteiger partial charge is 0.117 e. The normalized spacial score (nSPS) is 27.4. The highest BCUT2D eigenvalue weighted by molar-refractivity contribution is 5.82. The molecule has 19 heavy (non-hydrogen) atoms. The van der Waals surface area contributed by atoms with Crippen LogP contribution < -0.4 is 5.32 Å². The fourth-order valence-electron chi connectivity index (χ4n) is 3.00. The molecule has 1 aromatic heterocycles. The second-order valence-electron chi connectivity index (χ2n) is 5.05. The van der Waals surface area contributed by atoms with Crippen molar-refractivity contribution in [2.75, 3.05) is 26.4 Å². The van der Waals surface area contributed by atoms with Crippen molar-refractivity contribution in [2.45, 2.75) is 18.7 Å². The van der Waals surface area contributed by atoms with Crippen LogP contribution in [0.15, 0.2) is 24.3 Å². The summed E-state index contributed by atoms with van der Waals surface area (Å²) in [4.78, 5) is 0. The van der Waals surface area contributed by atoms with Crippen molar-refractivity contribution in [3.05, 3.63) is 30.0 Å². The minimum Gasteiger partial charge on any atom is -0.378 e. The average Bonchev–Trinajstić information content (AvgIpc) is 2.86. The molecular formula is C14H17N3O2. The molecule has 1 saturated heterocycles. The quantitative estimate of drug-likeness (QED) is 0.833. The summed E-state index contributed by atoms with van der Waals surface area (Å²) >= 11 is 0. The average molecular weight is 259 g/mol. The van der Waals surface area contributed by atoms with E-state index in [9.17, 15) is 0 Å². The maximum absolute atomic E-state index is 6.01. The van der Waals surface area contributed by atoms with Crippen molar-refractivity contribution in [1.29, 1.82) is 0 Å². The number of morpholine rings is 1. The molecule has 0 saturated carbocycles. The van der Waals surface area contributed by atoms with Crippen LogP contribution in [-0.4, -0.2) is 42.2 Å². The maximum Gasteiger partial charge on any atom is 0.117 e. The summed E-state index contributed by atoms with van der Waals surface area (Å²) in [6, 6.07) is 8.48. The van der Waals surface area contributed by atoms with Crippen LogP contribution in [0.4, 0.5) is 0 Å². The third-order valence-electron chi connectivity index (χ3n) is 3.87. The van der Waals surface area contributed by atoms with Gasteiger partial charge in [0.25, 0.3) is 0 Å². The molecule has 0 spiro atoms. The van der Waals surface area contributed by atoms with Crippen LogP contribution in [0.2, 0.25) is 0 Å². The van der Waals surface area contributed by atoms with Gasteiger partial charge in [0, 0.05) is 11.9 Å². The predicted molar refractivity (Wildman–Crippen MR) is 71.0 cm³/mol. The molecule has 5 nitrogen and oxygen atoms in total. The van der Waals surface area contributed by atoms with Crippen LogP contribution in [0, 0.1) is 0 Å². The van der Waals surface area contributed by atoms with Crippen LogP contribution in [0.3, 0.4) is 0 Å². The van der Waals surface area contributed by atoms with Crippen LogP contribution in [0.5, 0.6) is 0 Å². The van der Waals surface area contributed by atoms with E-state index in [0.717, 1.165) is 25.2 Å². The second kappa shape index (κ2) is 4.59. The van der Waals surface area contributed by atoms with Crippen LogP contribution in [-0.2, 0) is 16.0 Å². The number of hydrogen-bond donors (Lipinski definition) is 1. The summed E-state index contributed by atoms with van der Waals surface area (Å²) in [5.41, 5.74) is 2.23. The van der Waals surface area contributed by atoms with E-state index < -0.39 is 0 Å². The third-order valence-corrected chi connectivity index (χ3v) is 3.87. The van der Waals surface area contributed by atoms with Gasteiger partial charge in [0.05, 0.1) is 43.6 Å². The summed E-state index contributed by atoms with van der Waals surface area (Å²) in [6.07, 6.45) is 0.0291. The lowest BCUT2D eigenvalue weighted by molar-refractivity contribution is -0.0445. The van der Waals surface area contributed by atoms with Crippen molar-refractivity contribution < 1.29 is 9.47 Å². The zero-order valence-corrected chi connectivity index (χ0v) is 10.7. The van der Waals surface area contributed by atoms with Crippen molar-refractivity contribution >= 4 is 10.9 Å². The van der Waals surface area contributed by atoms with E-state index in [1.54, 1.807) is 0 Å². The van der Waals surface area contributed by atoms with Crippen molar-refractivity contribution in [3.63, 3.8) is 0 Å². The fraction of sp³-hybridized carbons (Fsp3) is 0.500. The fourth-order valence-corrected chi connectivity index (χ4v) is 3.00. The van der Waals surface area contributed by atoms with E-state index in [-0.39, 0.29) is 12.1 Å². The Hall–Kier alpha value is -1.43. The monoisotopic (exact) mass is 259 g/mol. The molecule has 5 heteroatoms. The molecule has 0 bridgehead atoms. The maximum atomic E-state index is 6.01. The molecule has 2 aliphatic heterocycles. The molecule has 4 rings (SSSR count). The van der Waals surface area contributed by atoms with Gasteiger partial charge in [0.1, 0.15) is 6.10 Å². The van der Waals surface area contributed by atoms with E-state index in [1.807, 2.05) is 6.07 Å². The number of fused-ring (bicyclic) bond motifs is 3. The van der Waals surface area contributed by atoms with Gasteiger partial charge in [0.2, 0.25) is 0 Å². The third kappa shape index (κ3) is 1.85. The molecule has 2 atom stereocenters. The van der Waals surface area contributed by atoms with E-state index in [1.165, 1.54) is 11.1 Å². The Balaban J connectivity index is 1.80. The standard InChI is InChI=1S/C14H17N3O2/c1-2-4-11-10(3-1)13-14(12-9-18-7-5-15-12)19-8-6-17(13)16-11/h1-4,12,14-15H,5-9H2/t12-,14+/m0/s1. The van der Waals surface area contributed by atoms with Crippen molar-refractivity contribution in [2.24, 2.45) is 0 Å². The molecule has 0 amide bonds. The predicted octanol–water partition coefficient (Wildman–Crippen LogP) is 1.10. The molecule has 1 aromatic carbocycles. The van der Waals surface area contributed by atoms with E-state index in [4.69, 9.17) is 9.47 Å². The Bertz CT molecular complexity index is 589. The molecule has 100 valence electrons. The molecule has 1 N–H and O–H groups in total. The molecule has 0 unspecified atom stereocenters. The second-order valence-corrected chi connectivity index (χ2v) is 5.05. The van der Waals surface area contributed by atoms with Gasteiger partial charge in [-0.15, -0.1) is 0 Å². The Kier molecular flexibility index (Phi) is 2.76. The molecule has 2 aliphatic rings. The highest BCUT2D eigenvalue weighted by atomic mass is 16.5. The Labute approximate surface area is 111 Å². The Morgan fingerprint density at radius 1 is 1.26 bits per heavy atom. The highest BCUT2D eigenvalue weighted by Gasteiger charge is 2.33. The molecular weight excluding hydrogens is 242 g/mol. The number of nitrogens with one attached hydrogen (secondary N) is 1. The number of nitrogens with zero attached hydrogens (tertiary/aromatic N) is 2. The zero-order chi connectivity index (χ0) is 12.7. The van der Waals surface area contributed by atoms with Gasteiger partial charge in [-0.25, -0.2) is 0 Å². The van der Waals surface area contributed by atoms with Gasteiger partial charge in [-0.3, -0.25) is 4.68 Å². The number of benzene rings is 1. The molecule has 0 radical (unpaired) electrons. The number of ether oxygens (including phenoxy) is 2. The minimum absolute atomic E-state index is 0.0291. The van der Waals surface area contributed by atoms with E-state index in [2.05, 4.69) is 33.3 Å². The van der Waals surface area contributed by atoms with Gasteiger partial charge in [-0.2, -0.15) is 5.10 Å².